The Labute approximate surface area is 133 Å². The number of hydrogen-bond donors (Lipinski definition) is 1. The van der Waals surface area contributed by atoms with Crippen molar-refractivity contribution in [3.8, 4) is 11.5 Å². The third kappa shape index (κ3) is 4.27. The van der Waals surface area contributed by atoms with E-state index in [-0.39, 0.29) is 0 Å². The summed E-state index contributed by atoms with van der Waals surface area (Å²) in [5.41, 5.74) is 1.16. The molecule has 0 heterocycles. The van der Waals surface area contributed by atoms with E-state index in [0.717, 1.165) is 34.6 Å². The summed E-state index contributed by atoms with van der Waals surface area (Å²) in [7, 11) is 0. The first kappa shape index (κ1) is 15.4. The number of thioether (sulfide) groups is 1. The van der Waals surface area contributed by atoms with Crippen molar-refractivity contribution in [3.63, 3.8) is 0 Å². The first-order valence-corrected chi connectivity index (χ1v) is 8.55. The average Bonchev–Trinajstić information content (AvgIpc) is 2.47. The Balaban J connectivity index is 2.19. The van der Waals surface area contributed by atoms with Gasteiger partial charge in [-0.2, -0.15) is 0 Å². The third-order valence-corrected chi connectivity index (χ3v) is 4.12. The lowest BCUT2D eigenvalue weighted by atomic mass is 10.2. The van der Waals surface area contributed by atoms with Gasteiger partial charge in [0.25, 0.3) is 0 Å². The van der Waals surface area contributed by atoms with Gasteiger partial charge in [0.2, 0.25) is 0 Å². The Morgan fingerprint density at radius 3 is 2.55 bits per heavy atom. The molecule has 1 N–H and O–H groups in total. The molecule has 106 valence electrons. The average molecular weight is 352 g/mol. The minimum atomic E-state index is 0.808. The summed E-state index contributed by atoms with van der Waals surface area (Å²) in [6.45, 7) is 3.85. The van der Waals surface area contributed by atoms with Gasteiger partial charge < -0.3 is 10.1 Å². The van der Waals surface area contributed by atoms with E-state index >= 15 is 0 Å². The van der Waals surface area contributed by atoms with Crippen LogP contribution in [0.2, 0.25) is 0 Å². The van der Waals surface area contributed by atoms with Crippen LogP contribution in [0, 0.1) is 0 Å². The molecule has 0 amide bonds. The fourth-order valence-corrected chi connectivity index (χ4v) is 2.55. The lowest BCUT2D eigenvalue weighted by molar-refractivity contribution is 0.472. The van der Waals surface area contributed by atoms with Crippen molar-refractivity contribution in [2.24, 2.45) is 0 Å². The topological polar surface area (TPSA) is 21.3 Å². The Morgan fingerprint density at radius 1 is 1.15 bits per heavy atom. The molecule has 0 aromatic heterocycles. The second-order valence-corrected chi connectivity index (χ2v) is 6.11. The van der Waals surface area contributed by atoms with Gasteiger partial charge in [-0.1, -0.05) is 28.9 Å². The predicted molar refractivity (Wildman–Crippen MR) is 89.8 cm³/mol. The minimum Gasteiger partial charge on any atom is -0.457 e. The van der Waals surface area contributed by atoms with Crippen LogP contribution in [0.25, 0.3) is 0 Å². The summed E-state index contributed by atoms with van der Waals surface area (Å²) in [6.07, 6.45) is 2.07. The van der Waals surface area contributed by atoms with E-state index in [1.165, 1.54) is 4.90 Å². The molecule has 0 aliphatic heterocycles. The molecule has 0 unspecified atom stereocenters. The lowest BCUT2D eigenvalue weighted by Crippen LogP contribution is -2.12. The van der Waals surface area contributed by atoms with Gasteiger partial charge >= 0.3 is 0 Å². The molecule has 20 heavy (non-hydrogen) atoms. The highest BCUT2D eigenvalue weighted by molar-refractivity contribution is 9.10. The van der Waals surface area contributed by atoms with Crippen LogP contribution >= 0.6 is 27.7 Å². The molecule has 2 aromatic carbocycles. The van der Waals surface area contributed by atoms with Gasteiger partial charge in [-0.3, -0.25) is 0 Å². The van der Waals surface area contributed by atoms with Crippen LogP contribution < -0.4 is 10.1 Å². The van der Waals surface area contributed by atoms with Crippen molar-refractivity contribution in [2.45, 2.75) is 18.4 Å². The molecule has 0 aliphatic carbocycles. The van der Waals surface area contributed by atoms with Gasteiger partial charge in [0.15, 0.2) is 0 Å². The molecule has 2 aromatic rings. The molecule has 0 spiro atoms. The summed E-state index contributed by atoms with van der Waals surface area (Å²) >= 11 is 5.22. The van der Waals surface area contributed by atoms with Crippen molar-refractivity contribution in [1.29, 1.82) is 0 Å². The van der Waals surface area contributed by atoms with Gasteiger partial charge in [0.1, 0.15) is 11.5 Å². The maximum Gasteiger partial charge on any atom is 0.133 e. The highest BCUT2D eigenvalue weighted by atomic mass is 79.9. The Bertz CT molecular complexity index is 557. The fraction of sp³-hybridized carbons (Fsp3) is 0.250. The molecule has 0 atom stereocenters. The van der Waals surface area contributed by atoms with Gasteiger partial charge in [-0.15, -0.1) is 11.8 Å². The van der Waals surface area contributed by atoms with Gasteiger partial charge in [-0.25, -0.2) is 0 Å². The molecule has 2 nitrogen and oxygen atoms in total. The molecule has 0 fully saturated rings. The van der Waals surface area contributed by atoms with E-state index in [1.54, 1.807) is 11.8 Å². The van der Waals surface area contributed by atoms with Crippen molar-refractivity contribution < 1.29 is 4.74 Å². The van der Waals surface area contributed by atoms with Crippen molar-refractivity contribution in [1.82, 2.24) is 5.32 Å². The summed E-state index contributed by atoms with van der Waals surface area (Å²) in [5, 5.41) is 3.33. The number of halogens is 1. The van der Waals surface area contributed by atoms with Crippen molar-refractivity contribution >= 4 is 27.7 Å². The zero-order valence-corrected chi connectivity index (χ0v) is 14.1. The first-order valence-electron chi connectivity index (χ1n) is 6.54. The zero-order chi connectivity index (χ0) is 14.4. The van der Waals surface area contributed by atoms with Crippen molar-refractivity contribution in [2.75, 3.05) is 12.8 Å². The minimum absolute atomic E-state index is 0.808. The van der Waals surface area contributed by atoms with Gasteiger partial charge in [-0.05, 0) is 49.2 Å². The Kier molecular flexibility index (Phi) is 5.95. The SMILES string of the molecule is CCNCc1ccc(Br)cc1Oc1ccc(SC)cc1. The molecular weight excluding hydrogens is 334 g/mol. The molecule has 0 radical (unpaired) electrons. The van der Waals surface area contributed by atoms with Gasteiger partial charge in [0, 0.05) is 21.5 Å². The second-order valence-electron chi connectivity index (χ2n) is 4.31. The van der Waals surface area contributed by atoms with Crippen LogP contribution in [0.3, 0.4) is 0 Å². The normalized spacial score (nSPS) is 10.6. The first-order chi connectivity index (χ1) is 9.72. The van der Waals surface area contributed by atoms with E-state index in [4.69, 9.17) is 4.74 Å². The fourth-order valence-electron chi connectivity index (χ4n) is 1.80. The largest absolute Gasteiger partial charge is 0.457 e. The van der Waals surface area contributed by atoms with Gasteiger partial charge in [0.05, 0.1) is 0 Å². The van der Waals surface area contributed by atoms with E-state index in [0.29, 0.717) is 0 Å². The molecule has 0 saturated carbocycles. The van der Waals surface area contributed by atoms with E-state index in [9.17, 15) is 0 Å². The third-order valence-electron chi connectivity index (χ3n) is 2.88. The van der Waals surface area contributed by atoms with Crippen LogP contribution in [0.4, 0.5) is 0 Å². The van der Waals surface area contributed by atoms with E-state index < -0.39 is 0 Å². The van der Waals surface area contributed by atoms with Crippen LogP contribution in [0.5, 0.6) is 11.5 Å². The van der Waals surface area contributed by atoms with Crippen LogP contribution in [0.1, 0.15) is 12.5 Å². The van der Waals surface area contributed by atoms with Crippen LogP contribution in [0.15, 0.2) is 51.8 Å². The number of rotatable bonds is 6. The summed E-state index contributed by atoms with van der Waals surface area (Å²) in [4.78, 5) is 1.24. The number of hydrogen-bond acceptors (Lipinski definition) is 3. The monoisotopic (exact) mass is 351 g/mol. The smallest absolute Gasteiger partial charge is 0.133 e. The number of benzene rings is 2. The number of ether oxygens (including phenoxy) is 1. The molecule has 0 bridgehead atoms. The summed E-state index contributed by atoms with van der Waals surface area (Å²) in [6, 6.07) is 14.3. The molecule has 4 heteroatoms. The van der Waals surface area contributed by atoms with Crippen LogP contribution in [-0.4, -0.2) is 12.8 Å². The maximum absolute atomic E-state index is 6.01. The molecule has 0 saturated heterocycles. The number of nitrogens with one attached hydrogen (secondary N) is 1. The molecular formula is C16H18BrNOS. The zero-order valence-electron chi connectivity index (χ0n) is 11.7. The second kappa shape index (κ2) is 7.72. The summed E-state index contributed by atoms with van der Waals surface area (Å²) < 4.78 is 7.03. The Morgan fingerprint density at radius 2 is 1.90 bits per heavy atom. The summed E-state index contributed by atoms with van der Waals surface area (Å²) in [5.74, 6) is 1.75. The Hall–Kier alpha value is -0.970. The lowest BCUT2D eigenvalue weighted by Gasteiger charge is -2.12. The molecule has 0 aliphatic rings. The van der Waals surface area contributed by atoms with E-state index in [2.05, 4.69) is 52.6 Å². The molecule has 2 rings (SSSR count). The maximum atomic E-state index is 6.01. The van der Waals surface area contributed by atoms with Crippen molar-refractivity contribution in [3.05, 3.63) is 52.5 Å². The standard InChI is InChI=1S/C16H18BrNOS/c1-3-18-11-12-4-5-13(17)10-16(12)19-14-6-8-15(20-2)9-7-14/h4-10,18H,3,11H2,1-2H3. The van der Waals surface area contributed by atoms with Crippen LogP contribution in [-0.2, 0) is 6.54 Å². The quantitative estimate of drug-likeness (QED) is 0.733. The highest BCUT2D eigenvalue weighted by Crippen LogP contribution is 2.29. The predicted octanol–water partition coefficient (Wildman–Crippen LogP) is 5.07. The highest BCUT2D eigenvalue weighted by Gasteiger charge is 2.06. The van der Waals surface area contributed by atoms with E-state index in [1.807, 2.05) is 24.3 Å².